The minimum absolute atomic E-state index is 0.0918. The van der Waals surface area contributed by atoms with Crippen molar-refractivity contribution in [1.29, 1.82) is 0 Å². The van der Waals surface area contributed by atoms with Crippen LogP contribution >= 0.6 is 0 Å². The first kappa shape index (κ1) is 10.4. The number of carbonyl (C=O) groups is 1. The molecule has 2 aromatic carbocycles. The summed E-state index contributed by atoms with van der Waals surface area (Å²) in [5, 5.41) is 8.98. The van der Waals surface area contributed by atoms with Crippen molar-refractivity contribution in [3.8, 4) is 11.1 Å². The van der Waals surface area contributed by atoms with Crippen molar-refractivity contribution in [1.82, 2.24) is 0 Å². The van der Waals surface area contributed by atoms with E-state index in [4.69, 9.17) is 5.11 Å². The van der Waals surface area contributed by atoms with Crippen molar-refractivity contribution in [2.45, 2.75) is 0 Å². The molecular formula is C13H8FO2. The van der Waals surface area contributed by atoms with Gasteiger partial charge < -0.3 is 5.11 Å². The van der Waals surface area contributed by atoms with Crippen LogP contribution in [0, 0.1) is 11.9 Å². The zero-order valence-corrected chi connectivity index (χ0v) is 8.27. The Morgan fingerprint density at radius 1 is 1.19 bits per heavy atom. The number of carboxylic acids is 1. The van der Waals surface area contributed by atoms with Gasteiger partial charge in [0.15, 0.2) is 0 Å². The predicted molar refractivity (Wildman–Crippen MR) is 57.6 cm³/mol. The fraction of sp³-hybridized carbons (Fsp3) is 0. The van der Waals surface area contributed by atoms with E-state index in [1.54, 1.807) is 24.3 Å². The molecule has 0 spiro atoms. The maximum Gasteiger partial charge on any atom is 0.336 e. The molecule has 1 radical (unpaired) electrons. The van der Waals surface area contributed by atoms with Gasteiger partial charge in [-0.2, -0.15) is 0 Å². The van der Waals surface area contributed by atoms with Crippen LogP contribution in [-0.2, 0) is 0 Å². The Labute approximate surface area is 92.0 Å². The third kappa shape index (κ3) is 1.93. The Bertz CT molecular complexity index is 518. The van der Waals surface area contributed by atoms with Crippen LogP contribution in [0.15, 0.2) is 42.5 Å². The molecule has 2 nitrogen and oxygen atoms in total. The van der Waals surface area contributed by atoms with E-state index in [1.165, 1.54) is 18.2 Å². The molecule has 0 aromatic heterocycles. The summed E-state index contributed by atoms with van der Waals surface area (Å²) < 4.78 is 12.7. The quantitative estimate of drug-likeness (QED) is 0.836. The van der Waals surface area contributed by atoms with E-state index in [0.29, 0.717) is 11.1 Å². The van der Waals surface area contributed by atoms with E-state index in [0.717, 1.165) is 0 Å². The summed E-state index contributed by atoms with van der Waals surface area (Å²) >= 11 is 0. The molecule has 0 saturated heterocycles. The number of benzene rings is 2. The average molecular weight is 215 g/mol. The van der Waals surface area contributed by atoms with Gasteiger partial charge in [-0.15, -0.1) is 0 Å². The zero-order valence-electron chi connectivity index (χ0n) is 8.27. The SMILES string of the molecule is O=C(O)c1[c]cccc1-c1ccc(F)cc1. The summed E-state index contributed by atoms with van der Waals surface area (Å²) in [6.45, 7) is 0. The summed E-state index contributed by atoms with van der Waals surface area (Å²) in [6, 6.07) is 13.3. The Hall–Kier alpha value is -2.16. The molecule has 16 heavy (non-hydrogen) atoms. The predicted octanol–water partition coefficient (Wildman–Crippen LogP) is 2.99. The Kier molecular flexibility index (Phi) is 2.68. The lowest BCUT2D eigenvalue weighted by atomic mass is 10.00. The van der Waals surface area contributed by atoms with Crippen molar-refractivity contribution >= 4 is 5.97 Å². The maximum absolute atomic E-state index is 12.7. The van der Waals surface area contributed by atoms with Crippen molar-refractivity contribution in [2.24, 2.45) is 0 Å². The molecule has 0 aliphatic rings. The topological polar surface area (TPSA) is 37.3 Å². The first-order chi connectivity index (χ1) is 7.68. The van der Waals surface area contributed by atoms with Crippen LogP contribution < -0.4 is 0 Å². The van der Waals surface area contributed by atoms with Gasteiger partial charge in [0.25, 0.3) is 0 Å². The van der Waals surface area contributed by atoms with Gasteiger partial charge in [-0.3, -0.25) is 0 Å². The average Bonchev–Trinajstić information content (AvgIpc) is 2.30. The second-order valence-electron chi connectivity index (χ2n) is 3.27. The smallest absolute Gasteiger partial charge is 0.336 e. The van der Waals surface area contributed by atoms with Crippen LogP contribution in [0.3, 0.4) is 0 Å². The molecule has 3 heteroatoms. The van der Waals surface area contributed by atoms with Gasteiger partial charge in [-0.05, 0) is 29.3 Å². The number of halogens is 1. The molecule has 1 N–H and O–H groups in total. The third-order valence-electron chi connectivity index (χ3n) is 2.23. The third-order valence-corrected chi connectivity index (χ3v) is 2.23. The van der Waals surface area contributed by atoms with Crippen LogP contribution in [0.2, 0.25) is 0 Å². The molecule has 0 amide bonds. The van der Waals surface area contributed by atoms with Crippen LogP contribution in [0.5, 0.6) is 0 Å². The van der Waals surface area contributed by atoms with Crippen LogP contribution in [-0.4, -0.2) is 11.1 Å². The van der Waals surface area contributed by atoms with Gasteiger partial charge in [0.1, 0.15) is 5.82 Å². The molecule has 0 unspecified atom stereocenters. The molecule has 0 aliphatic carbocycles. The highest BCUT2D eigenvalue weighted by atomic mass is 19.1. The lowest BCUT2D eigenvalue weighted by Crippen LogP contribution is -1.99. The molecular weight excluding hydrogens is 207 g/mol. The monoisotopic (exact) mass is 215 g/mol. The summed E-state index contributed by atoms with van der Waals surface area (Å²) in [7, 11) is 0. The molecule has 0 bridgehead atoms. The normalized spacial score (nSPS) is 10.1. The second-order valence-corrected chi connectivity index (χ2v) is 3.27. The first-order valence-corrected chi connectivity index (χ1v) is 4.68. The molecule has 2 aromatic rings. The van der Waals surface area contributed by atoms with E-state index in [9.17, 15) is 9.18 Å². The highest BCUT2D eigenvalue weighted by molar-refractivity contribution is 5.95. The Morgan fingerprint density at radius 2 is 1.88 bits per heavy atom. The van der Waals surface area contributed by atoms with Crippen LogP contribution in [0.25, 0.3) is 11.1 Å². The van der Waals surface area contributed by atoms with E-state index < -0.39 is 5.97 Å². The van der Waals surface area contributed by atoms with Crippen LogP contribution in [0.1, 0.15) is 10.4 Å². The fourth-order valence-electron chi connectivity index (χ4n) is 1.48. The van der Waals surface area contributed by atoms with E-state index in [-0.39, 0.29) is 11.4 Å². The molecule has 2 rings (SSSR count). The summed E-state index contributed by atoms with van der Waals surface area (Å²) in [6.07, 6.45) is 0. The van der Waals surface area contributed by atoms with Gasteiger partial charge in [0.2, 0.25) is 0 Å². The number of hydrogen-bond acceptors (Lipinski definition) is 1. The molecule has 0 fully saturated rings. The van der Waals surface area contributed by atoms with Gasteiger partial charge in [-0.25, -0.2) is 9.18 Å². The van der Waals surface area contributed by atoms with Crippen LogP contribution in [0.4, 0.5) is 4.39 Å². The minimum Gasteiger partial charge on any atom is -0.478 e. The number of hydrogen-bond donors (Lipinski definition) is 1. The lowest BCUT2D eigenvalue weighted by molar-refractivity contribution is 0.0697. The van der Waals surface area contributed by atoms with E-state index >= 15 is 0 Å². The standard InChI is InChI=1S/C13H8FO2/c14-10-7-5-9(6-8-10)11-3-1-2-4-12(11)13(15)16/h1-3,5-8H,(H,15,16). The summed E-state index contributed by atoms with van der Waals surface area (Å²) in [4.78, 5) is 11.0. The lowest BCUT2D eigenvalue weighted by Gasteiger charge is -2.05. The number of carboxylic acid groups (broad SMARTS) is 1. The fourth-order valence-corrected chi connectivity index (χ4v) is 1.48. The minimum atomic E-state index is -1.04. The molecule has 0 heterocycles. The number of rotatable bonds is 2. The Balaban J connectivity index is 2.55. The molecule has 0 aliphatic heterocycles. The van der Waals surface area contributed by atoms with Gasteiger partial charge in [0.05, 0.1) is 5.56 Å². The van der Waals surface area contributed by atoms with Gasteiger partial charge in [-0.1, -0.05) is 30.3 Å². The van der Waals surface area contributed by atoms with Crippen molar-refractivity contribution in [2.75, 3.05) is 0 Å². The highest BCUT2D eigenvalue weighted by Crippen LogP contribution is 2.23. The number of aromatic carboxylic acids is 1. The van der Waals surface area contributed by atoms with Crippen molar-refractivity contribution in [3.05, 3.63) is 59.9 Å². The van der Waals surface area contributed by atoms with Crippen molar-refractivity contribution < 1.29 is 14.3 Å². The largest absolute Gasteiger partial charge is 0.478 e. The second kappa shape index (κ2) is 4.14. The summed E-state index contributed by atoms with van der Waals surface area (Å²) in [5.74, 6) is -1.39. The first-order valence-electron chi connectivity index (χ1n) is 4.68. The molecule has 0 saturated carbocycles. The molecule has 0 atom stereocenters. The van der Waals surface area contributed by atoms with E-state index in [1.807, 2.05) is 0 Å². The van der Waals surface area contributed by atoms with Gasteiger partial charge >= 0.3 is 5.97 Å². The maximum atomic E-state index is 12.7. The van der Waals surface area contributed by atoms with Gasteiger partial charge in [0, 0.05) is 0 Å². The highest BCUT2D eigenvalue weighted by Gasteiger charge is 2.10. The van der Waals surface area contributed by atoms with E-state index in [2.05, 4.69) is 6.07 Å². The Morgan fingerprint density at radius 3 is 2.50 bits per heavy atom. The summed E-state index contributed by atoms with van der Waals surface area (Å²) in [5.41, 5.74) is 1.29. The van der Waals surface area contributed by atoms with Crippen molar-refractivity contribution in [3.63, 3.8) is 0 Å². The zero-order chi connectivity index (χ0) is 11.5. The molecule has 79 valence electrons.